The second-order valence-corrected chi connectivity index (χ2v) is 9.14. The number of benzene rings is 1. The van der Waals surface area contributed by atoms with Gasteiger partial charge in [0.1, 0.15) is 25.7 Å². The monoisotopic (exact) mass is 518 g/mol. The van der Waals surface area contributed by atoms with Gasteiger partial charge in [0.05, 0.1) is 5.69 Å². The van der Waals surface area contributed by atoms with Crippen molar-refractivity contribution >= 4 is 53.7 Å². The summed E-state index contributed by atoms with van der Waals surface area (Å²) in [5.74, 6) is 0.0787. The van der Waals surface area contributed by atoms with Crippen molar-refractivity contribution in [3.8, 4) is 0 Å². The molecule has 3 N–H and O–H groups in total. The molecular weight excluding hydrogens is 497 g/mol. The van der Waals surface area contributed by atoms with Crippen LogP contribution in [0.25, 0.3) is 11.2 Å². The number of fused-ring (bicyclic) bond motifs is 1. The Morgan fingerprint density at radius 3 is 2.81 bits per heavy atom. The maximum absolute atomic E-state index is 13.5. The number of rotatable bonds is 6. The fraction of sp³-hybridized carbons (Fsp3) is 0.192. The van der Waals surface area contributed by atoms with Crippen molar-refractivity contribution in [3.63, 3.8) is 0 Å². The lowest BCUT2D eigenvalue weighted by molar-refractivity contribution is 0.254. The minimum atomic E-state index is -1.46. The molecule has 2 heterocycles. The molecule has 2 radical (unpaired) electrons. The Hall–Kier alpha value is -3.92. The van der Waals surface area contributed by atoms with Crippen molar-refractivity contribution in [2.75, 3.05) is 10.6 Å². The first-order chi connectivity index (χ1) is 17.9. The first-order valence-electron chi connectivity index (χ1n) is 11.7. The molecule has 5 rings (SSSR count). The molecule has 2 aliphatic rings. The van der Waals surface area contributed by atoms with Crippen molar-refractivity contribution in [1.29, 1.82) is 0 Å². The Kier molecular flexibility index (Phi) is 7.09. The van der Waals surface area contributed by atoms with Gasteiger partial charge in [0.25, 0.3) is 0 Å². The van der Waals surface area contributed by atoms with Gasteiger partial charge in [0.2, 0.25) is 0 Å². The summed E-state index contributed by atoms with van der Waals surface area (Å²) in [6, 6.07) is 8.45. The van der Waals surface area contributed by atoms with Crippen LogP contribution in [0.4, 0.5) is 25.1 Å². The molecule has 11 heteroatoms. The van der Waals surface area contributed by atoms with E-state index in [4.69, 9.17) is 19.4 Å². The van der Waals surface area contributed by atoms with Crippen LogP contribution in [0.5, 0.6) is 0 Å². The summed E-state index contributed by atoms with van der Waals surface area (Å²) in [4.78, 5) is 16.9. The number of urea groups is 1. The molecule has 2 aromatic heterocycles. The average Bonchev–Trinajstić information content (AvgIpc) is 3.23. The lowest BCUT2D eigenvalue weighted by Crippen LogP contribution is -2.29. The predicted octanol–water partition coefficient (Wildman–Crippen LogP) is 5.04. The number of carbonyl (C=O) groups is 1. The van der Waals surface area contributed by atoms with Crippen molar-refractivity contribution in [2.45, 2.75) is 32.0 Å². The molecule has 0 spiro atoms. The lowest BCUT2D eigenvalue weighted by atomic mass is 10.00. The van der Waals surface area contributed by atoms with E-state index in [2.05, 4.69) is 32.1 Å². The molecule has 1 aromatic carbocycles. The molecule has 1 unspecified atom stereocenters. The van der Waals surface area contributed by atoms with Gasteiger partial charge in [-0.2, -0.15) is 9.61 Å². The first kappa shape index (κ1) is 24.8. The highest BCUT2D eigenvalue weighted by atomic mass is 35.5. The van der Waals surface area contributed by atoms with E-state index in [0.717, 1.165) is 35.1 Å². The largest absolute Gasteiger partial charge is 0.366 e. The summed E-state index contributed by atoms with van der Waals surface area (Å²) in [5.41, 5.74) is 4.10. The molecule has 37 heavy (non-hydrogen) atoms. The zero-order chi connectivity index (χ0) is 25.9. The van der Waals surface area contributed by atoms with Gasteiger partial charge < -0.3 is 16.0 Å². The van der Waals surface area contributed by atoms with E-state index in [1.54, 1.807) is 22.8 Å². The van der Waals surface area contributed by atoms with Gasteiger partial charge in [0.15, 0.2) is 5.65 Å². The van der Waals surface area contributed by atoms with Gasteiger partial charge in [-0.05, 0) is 48.2 Å². The number of amides is 2. The van der Waals surface area contributed by atoms with Gasteiger partial charge in [-0.1, -0.05) is 35.9 Å². The standard InChI is InChI=1S/C26H22BClF2N6O/c27-21-14-32-36-24(12-23(35-25(21)36)20-3-1-2-4-22(20)28)31-13-15-5-7-18(8-6-15)33-26(37)34-19-10-16(29)9-17(30)11-19/h1,3,5-8,10-12,14,16,31H,2,4,9,13H2,(H2,33,34,37). The van der Waals surface area contributed by atoms with E-state index < -0.39 is 18.0 Å². The van der Waals surface area contributed by atoms with E-state index >= 15 is 0 Å². The Balaban J connectivity index is 1.27. The molecule has 0 fully saturated rings. The third-order valence-corrected chi connectivity index (χ3v) is 6.28. The molecule has 1 atom stereocenters. The van der Waals surface area contributed by atoms with Crippen molar-refractivity contribution in [1.82, 2.24) is 19.9 Å². The smallest absolute Gasteiger partial charge is 0.323 e. The zero-order valence-corrected chi connectivity index (χ0v) is 20.4. The number of allylic oxidation sites excluding steroid dienone is 7. The maximum atomic E-state index is 13.5. The van der Waals surface area contributed by atoms with Crippen LogP contribution in [0.2, 0.25) is 0 Å². The molecule has 2 amide bonds. The SMILES string of the molecule is [B]c1cnn2c(NCc3ccc(NC(=O)NC4=CC(F)CC(F)=C4)cc3)cc(C3=C(Cl)CCC=C3)nc12. The van der Waals surface area contributed by atoms with E-state index in [9.17, 15) is 13.6 Å². The van der Waals surface area contributed by atoms with E-state index in [-0.39, 0.29) is 12.1 Å². The molecule has 0 saturated heterocycles. The quantitative estimate of drug-likeness (QED) is 0.400. The minimum absolute atomic E-state index is 0.0811. The normalized spacial score (nSPS) is 17.4. The molecule has 2 aliphatic carbocycles. The molecular formula is C26H22BClF2N6O. The van der Waals surface area contributed by atoms with Crippen LogP contribution in [0, 0.1) is 0 Å². The fourth-order valence-electron chi connectivity index (χ4n) is 4.09. The number of alkyl halides is 1. The minimum Gasteiger partial charge on any atom is -0.366 e. The molecule has 3 aromatic rings. The summed E-state index contributed by atoms with van der Waals surface area (Å²) < 4.78 is 28.5. The third-order valence-electron chi connectivity index (χ3n) is 5.89. The van der Waals surface area contributed by atoms with Crippen molar-refractivity contribution < 1.29 is 13.6 Å². The van der Waals surface area contributed by atoms with Crippen LogP contribution >= 0.6 is 11.6 Å². The van der Waals surface area contributed by atoms with Crippen LogP contribution in [0.1, 0.15) is 30.5 Å². The summed E-state index contributed by atoms with van der Waals surface area (Å²) in [5, 5.41) is 13.5. The second-order valence-electron chi connectivity index (χ2n) is 8.68. The highest BCUT2D eigenvalue weighted by Gasteiger charge is 2.17. The number of hydrogen-bond acceptors (Lipinski definition) is 4. The summed E-state index contributed by atoms with van der Waals surface area (Å²) in [6.07, 6.45) is 7.73. The second kappa shape index (κ2) is 10.6. The Labute approximate surface area is 218 Å². The number of carbonyl (C=O) groups excluding carboxylic acids is 1. The van der Waals surface area contributed by atoms with Crippen LogP contribution in [-0.2, 0) is 6.54 Å². The van der Waals surface area contributed by atoms with Gasteiger partial charge in [-0.15, -0.1) is 0 Å². The topological polar surface area (TPSA) is 83.3 Å². The van der Waals surface area contributed by atoms with Crippen LogP contribution in [0.15, 0.2) is 77.4 Å². The van der Waals surface area contributed by atoms with Gasteiger partial charge in [-0.25, -0.2) is 18.6 Å². The predicted molar refractivity (Wildman–Crippen MR) is 142 cm³/mol. The molecule has 0 saturated carbocycles. The lowest BCUT2D eigenvalue weighted by Gasteiger charge is -2.15. The summed E-state index contributed by atoms with van der Waals surface area (Å²) in [7, 11) is 6.09. The number of hydrogen-bond donors (Lipinski definition) is 3. The number of nitrogens with zero attached hydrogens (tertiary/aromatic N) is 3. The van der Waals surface area contributed by atoms with Crippen molar-refractivity contribution in [3.05, 3.63) is 88.6 Å². The van der Waals surface area contributed by atoms with E-state index in [0.29, 0.717) is 34.9 Å². The molecule has 7 nitrogen and oxygen atoms in total. The first-order valence-corrected chi connectivity index (χ1v) is 12.1. The number of nitrogens with one attached hydrogen (secondary N) is 3. The Morgan fingerprint density at radius 2 is 2.05 bits per heavy atom. The molecule has 0 bridgehead atoms. The number of aromatic nitrogens is 3. The maximum Gasteiger partial charge on any atom is 0.323 e. The van der Waals surface area contributed by atoms with Crippen LogP contribution in [-0.4, -0.2) is 34.6 Å². The Bertz CT molecular complexity index is 1480. The summed E-state index contributed by atoms with van der Waals surface area (Å²) in [6.45, 7) is 0.461. The zero-order valence-electron chi connectivity index (χ0n) is 19.6. The van der Waals surface area contributed by atoms with E-state index in [1.807, 2.05) is 24.3 Å². The Morgan fingerprint density at radius 1 is 1.24 bits per heavy atom. The third kappa shape index (κ3) is 5.75. The fourth-order valence-corrected chi connectivity index (χ4v) is 4.36. The average molecular weight is 519 g/mol. The molecule has 0 aliphatic heterocycles. The van der Waals surface area contributed by atoms with E-state index in [1.165, 1.54) is 6.08 Å². The molecule has 186 valence electrons. The van der Waals surface area contributed by atoms with Gasteiger partial charge in [-0.3, -0.25) is 0 Å². The van der Waals surface area contributed by atoms with Crippen molar-refractivity contribution in [2.24, 2.45) is 0 Å². The number of anilines is 2. The summed E-state index contributed by atoms with van der Waals surface area (Å²) >= 11 is 6.47. The van der Waals surface area contributed by atoms with Gasteiger partial charge in [0, 0.05) is 47.2 Å². The number of halogens is 3. The van der Waals surface area contributed by atoms with Gasteiger partial charge >= 0.3 is 6.03 Å². The highest BCUT2D eigenvalue weighted by molar-refractivity contribution is 6.36. The highest BCUT2D eigenvalue weighted by Crippen LogP contribution is 2.30. The van der Waals surface area contributed by atoms with Crippen LogP contribution in [0.3, 0.4) is 0 Å². The van der Waals surface area contributed by atoms with Crippen LogP contribution < -0.4 is 21.4 Å².